The van der Waals surface area contributed by atoms with E-state index in [4.69, 9.17) is 0 Å². The minimum absolute atomic E-state index is 0.238. The molecular formula is C26H24FN3O3. The number of benzene rings is 3. The standard InChI is InChI=1S/C26H24FN3O3/c1-17(2)30-22-14-13-20(27)15-21(22)26(25(30)33,29-24(32)19-11-7-4-8-12-19)16-28-23(31)18-9-5-3-6-10-18/h3-15,17H,16H2,1-2H3,(H,28,31)(H,29,32). The summed E-state index contributed by atoms with van der Waals surface area (Å²) in [6, 6.07) is 20.8. The Labute approximate surface area is 191 Å². The molecule has 33 heavy (non-hydrogen) atoms. The van der Waals surface area contributed by atoms with Crippen molar-refractivity contribution in [3.05, 3.63) is 101 Å². The lowest BCUT2D eigenvalue weighted by molar-refractivity contribution is -0.124. The Morgan fingerprint density at radius 3 is 2.06 bits per heavy atom. The van der Waals surface area contributed by atoms with Crippen LogP contribution >= 0.6 is 0 Å². The van der Waals surface area contributed by atoms with Crippen LogP contribution in [0.25, 0.3) is 0 Å². The van der Waals surface area contributed by atoms with Crippen molar-refractivity contribution in [3.63, 3.8) is 0 Å². The zero-order chi connectivity index (χ0) is 23.6. The summed E-state index contributed by atoms with van der Waals surface area (Å²) in [5.74, 6) is -1.88. The molecule has 0 fully saturated rings. The Hall–Kier alpha value is -4.00. The number of halogens is 1. The van der Waals surface area contributed by atoms with Crippen LogP contribution in [0.4, 0.5) is 10.1 Å². The van der Waals surface area contributed by atoms with Gasteiger partial charge in [0.15, 0.2) is 5.54 Å². The summed E-state index contributed by atoms with van der Waals surface area (Å²) in [5, 5.41) is 5.59. The highest BCUT2D eigenvalue weighted by atomic mass is 19.1. The number of amides is 3. The molecule has 3 aromatic carbocycles. The first-order valence-electron chi connectivity index (χ1n) is 10.7. The van der Waals surface area contributed by atoms with Crippen LogP contribution in [0.3, 0.4) is 0 Å². The molecule has 0 aliphatic carbocycles. The second-order valence-corrected chi connectivity index (χ2v) is 8.20. The molecule has 1 atom stereocenters. The minimum Gasteiger partial charge on any atom is -0.349 e. The van der Waals surface area contributed by atoms with E-state index >= 15 is 0 Å². The van der Waals surface area contributed by atoms with E-state index in [1.807, 2.05) is 13.8 Å². The Bertz CT molecular complexity index is 1200. The number of carbonyl (C=O) groups is 3. The summed E-state index contributed by atoms with van der Waals surface area (Å²) in [4.78, 5) is 41.2. The number of nitrogens with one attached hydrogen (secondary N) is 2. The van der Waals surface area contributed by atoms with E-state index in [0.29, 0.717) is 22.4 Å². The highest BCUT2D eigenvalue weighted by Crippen LogP contribution is 2.42. The van der Waals surface area contributed by atoms with Gasteiger partial charge in [0.2, 0.25) is 0 Å². The van der Waals surface area contributed by atoms with E-state index in [1.54, 1.807) is 60.7 Å². The van der Waals surface area contributed by atoms with E-state index < -0.39 is 29.1 Å². The average molecular weight is 445 g/mol. The molecule has 3 aromatic rings. The number of anilines is 1. The van der Waals surface area contributed by atoms with Gasteiger partial charge in [0.25, 0.3) is 17.7 Å². The van der Waals surface area contributed by atoms with Crippen LogP contribution in [0.2, 0.25) is 0 Å². The fourth-order valence-electron chi connectivity index (χ4n) is 4.10. The lowest BCUT2D eigenvalue weighted by Crippen LogP contribution is -2.59. The maximum atomic E-state index is 14.4. The number of nitrogens with zero attached hydrogens (tertiary/aromatic N) is 1. The van der Waals surface area contributed by atoms with Crippen LogP contribution in [-0.2, 0) is 10.3 Å². The fourth-order valence-corrected chi connectivity index (χ4v) is 4.10. The van der Waals surface area contributed by atoms with Crippen molar-refractivity contribution in [1.82, 2.24) is 10.6 Å². The van der Waals surface area contributed by atoms with Gasteiger partial charge in [-0.3, -0.25) is 14.4 Å². The van der Waals surface area contributed by atoms with Crippen molar-refractivity contribution in [3.8, 4) is 0 Å². The van der Waals surface area contributed by atoms with Crippen molar-refractivity contribution < 1.29 is 18.8 Å². The first-order chi connectivity index (χ1) is 15.8. The fraction of sp³-hybridized carbons (Fsp3) is 0.192. The summed E-state index contributed by atoms with van der Waals surface area (Å²) in [6.07, 6.45) is 0. The summed E-state index contributed by atoms with van der Waals surface area (Å²) in [5.41, 5.74) is -0.107. The number of hydrogen-bond donors (Lipinski definition) is 2. The number of fused-ring (bicyclic) bond motifs is 1. The van der Waals surface area contributed by atoms with Crippen LogP contribution in [0.1, 0.15) is 40.1 Å². The third-order valence-electron chi connectivity index (χ3n) is 5.69. The van der Waals surface area contributed by atoms with E-state index in [1.165, 1.54) is 23.1 Å². The van der Waals surface area contributed by atoms with Crippen molar-refractivity contribution in [2.75, 3.05) is 11.4 Å². The quantitative estimate of drug-likeness (QED) is 0.608. The second kappa shape index (κ2) is 8.86. The summed E-state index contributed by atoms with van der Waals surface area (Å²) in [7, 11) is 0. The zero-order valence-corrected chi connectivity index (χ0v) is 18.3. The number of carbonyl (C=O) groups excluding carboxylic acids is 3. The average Bonchev–Trinajstić information content (AvgIpc) is 3.06. The molecule has 0 spiro atoms. The molecule has 0 radical (unpaired) electrons. The lowest BCUT2D eigenvalue weighted by Gasteiger charge is -2.31. The molecule has 168 valence electrons. The molecule has 1 heterocycles. The van der Waals surface area contributed by atoms with Crippen molar-refractivity contribution in [2.45, 2.75) is 25.4 Å². The minimum atomic E-state index is -1.67. The Balaban J connectivity index is 1.77. The van der Waals surface area contributed by atoms with Gasteiger partial charge < -0.3 is 15.5 Å². The van der Waals surface area contributed by atoms with Crippen LogP contribution in [0.15, 0.2) is 78.9 Å². The summed E-state index contributed by atoms with van der Waals surface area (Å²) in [6.45, 7) is 3.43. The first kappa shape index (κ1) is 22.2. The Morgan fingerprint density at radius 2 is 1.48 bits per heavy atom. The molecule has 0 saturated carbocycles. The van der Waals surface area contributed by atoms with Gasteiger partial charge >= 0.3 is 0 Å². The molecular weight excluding hydrogens is 421 g/mol. The molecule has 1 aliphatic heterocycles. The van der Waals surface area contributed by atoms with Crippen molar-refractivity contribution in [2.24, 2.45) is 0 Å². The third kappa shape index (κ3) is 4.09. The SMILES string of the molecule is CC(C)N1C(=O)C(CNC(=O)c2ccccc2)(NC(=O)c2ccccc2)c2cc(F)ccc21. The zero-order valence-electron chi connectivity index (χ0n) is 18.3. The van der Waals surface area contributed by atoms with Gasteiger partial charge in [-0.25, -0.2) is 4.39 Å². The van der Waals surface area contributed by atoms with Gasteiger partial charge in [0.05, 0.1) is 12.2 Å². The molecule has 3 amide bonds. The molecule has 6 nitrogen and oxygen atoms in total. The van der Waals surface area contributed by atoms with Crippen LogP contribution in [0.5, 0.6) is 0 Å². The van der Waals surface area contributed by atoms with Crippen LogP contribution < -0.4 is 15.5 Å². The van der Waals surface area contributed by atoms with E-state index in [-0.39, 0.29) is 12.6 Å². The molecule has 1 unspecified atom stereocenters. The predicted molar refractivity (Wildman–Crippen MR) is 123 cm³/mol. The second-order valence-electron chi connectivity index (χ2n) is 8.20. The predicted octanol–water partition coefficient (Wildman–Crippen LogP) is 3.64. The molecule has 1 aliphatic rings. The largest absolute Gasteiger partial charge is 0.349 e. The molecule has 0 saturated heterocycles. The maximum Gasteiger partial charge on any atom is 0.259 e. The van der Waals surface area contributed by atoms with Gasteiger partial charge in [0.1, 0.15) is 5.82 Å². The third-order valence-corrected chi connectivity index (χ3v) is 5.69. The highest BCUT2D eigenvalue weighted by Gasteiger charge is 2.53. The molecule has 0 aromatic heterocycles. The smallest absolute Gasteiger partial charge is 0.259 e. The maximum absolute atomic E-state index is 14.4. The molecule has 2 N–H and O–H groups in total. The molecule has 0 bridgehead atoms. The number of hydrogen-bond acceptors (Lipinski definition) is 3. The molecule has 4 rings (SSSR count). The van der Waals surface area contributed by atoms with Crippen LogP contribution in [0, 0.1) is 5.82 Å². The van der Waals surface area contributed by atoms with Gasteiger partial charge in [-0.1, -0.05) is 36.4 Å². The Kier molecular flexibility index (Phi) is 5.96. The van der Waals surface area contributed by atoms with Gasteiger partial charge in [0, 0.05) is 22.7 Å². The van der Waals surface area contributed by atoms with Gasteiger partial charge in [-0.2, -0.15) is 0 Å². The topological polar surface area (TPSA) is 78.5 Å². The first-order valence-corrected chi connectivity index (χ1v) is 10.7. The van der Waals surface area contributed by atoms with Crippen molar-refractivity contribution >= 4 is 23.4 Å². The highest BCUT2D eigenvalue weighted by molar-refractivity contribution is 6.11. The van der Waals surface area contributed by atoms with Gasteiger partial charge in [-0.05, 0) is 56.3 Å². The van der Waals surface area contributed by atoms with Gasteiger partial charge in [-0.15, -0.1) is 0 Å². The van der Waals surface area contributed by atoms with Crippen molar-refractivity contribution in [1.29, 1.82) is 0 Å². The lowest BCUT2D eigenvalue weighted by atomic mass is 9.90. The number of rotatable bonds is 6. The van der Waals surface area contributed by atoms with E-state index in [2.05, 4.69) is 10.6 Å². The normalized spacial score (nSPS) is 17.1. The summed E-state index contributed by atoms with van der Waals surface area (Å²) >= 11 is 0. The Morgan fingerprint density at radius 1 is 0.909 bits per heavy atom. The van der Waals surface area contributed by atoms with Crippen LogP contribution in [-0.4, -0.2) is 30.3 Å². The van der Waals surface area contributed by atoms with E-state index in [9.17, 15) is 18.8 Å². The van der Waals surface area contributed by atoms with E-state index in [0.717, 1.165) is 0 Å². The molecule has 7 heteroatoms. The monoisotopic (exact) mass is 445 g/mol. The summed E-state index contributed by atoms with van der Waals surface area (Å²) < 4.78 is 14.4.